The number of amides is 1. The van der Waals surface area contributed by atoms with E-state index in [1.54, 1.807) is 20.8 Å². The molecule has 0 spiro atoms. The monoisotopic (exact) mass is 385 g/mol. The number of β-lactam (4-membered cyclic amide) rings is 1. The Labute approximate surface area is 155 Å². The SMILES string of the molecule is CC(C)(C)C(=O)C1=C(OCCOC(=O)CCC(=O)O)CS[C@@H]2CC(=O)N12. The molecule has 1 atom stereocenters. The molecule has 0 aromatic heterocycles. The summed E-state index contributed by atoms with van der Waals surface area (Å²) in [5.41, 5.74) is -0.356. The van der Waals surface area contributed by atoms with Gasteiger partial charge in [-0.25, -0.2) is 0 Å². The average Bonchev–Trinajstić information content (AvgIpc) is 2.54. The number of carboxylic acids is 1. The third kappa shape index (κ3) is 4.78. The average molecular weight is 385 g/mol. The summed E-state index contributed by atoms with van der Waals surface area (Å²) in [4.78, 5) is 48.0. The summed E-state index contributed by atoms with van der Waals surface area (Å²) in [7, 11) is 0. The number of aliphatic carboxylic acids is 1. The zero-order chi connectivity index (χ0) is 19.5. The van der Waals surface area contributed by atoms with Crippen molar-refractivity contribution >= 4 is 35.4 Å². The first-order chi connectivity index (χ1) is 12.1. The Bertz CT molecular complexity index is 650. The van der Waals surface area contributed by atoms with Crippen LogP contribution in [-0.4, -0.2) is 58.0 Å². The number of Topliss-reactive ketones (excluding diaryl/α,β-unsaturated/α-hetero) is 1. The number of carbonyl (C=O) groups excluding carboxylic acids is 3. The molecule has 1 saturated heterocycles. The predicted octanol–water partition coefficient (Wildman–Crippen LogP) is 1.54. The number of fused-ring (bicyclic) bond motifs is 1. The Morgan fingerprint density at radius 3 is 2.50 bits per heavy atom. The van der Waals surface area contributed by atoms with E-state index in [9.17, 15) is 19.2 Å². The summed E-state index contributed by atoms with van der Waals surface area (Å²) in [6, 6.07) is 0. The number of rotatable bonds is 8. The minimum atomic E-state index is -1.07. The maximum atomic E-state index is 12.8. The molecule has 2 rings (SSSR count). The Kier molecular flexibility index (Phi) is 6.33. The molecule has 2 heterocycles. The molecule has 8 nitrogen and oxygen atoms in total. The van der Waals surface area contributed by atoms with E-state index in [0.717, 1.165) is 0 Å². The lowest BCUT2D eigenvalue weighted by Gasteiger charge is -2.45. The van der Waals surface area contributed by atoms with Gasteiger partial charge in [0.1, 0.15) is 24.7 Å². The van der Waals surface area contributed by atoms with Crippen LogP contribution in [0.3, 0.4) is 0 Å². The number of allylic oxidation sites excluding steroid dienone is 1. The summed E-state index contributed by atoms with van der Waals surface area (Å²) >= 11 is 1.53. The molecule has 0 bridgehead atoms. The van der Waals surface area contributed by atoms with Gasteiger partial charge in [-0.2, -0.15) is 0 Å². The molecule has 1 fully saturated rings. The van der Waals surface area contributed by atoms with Crippen molar-refractivity contribution in [1.29, 1.82) is 0 Å². The highest BCUT2D eigenvalue weighted by atomic mass is 32.2. The zero-order valence-corrected chi connectivity index (χ0v) is 15.9. The summed E-state index contributed by atoms with van der Waals surface area (Å²) in [5.74, 6) is -1.06. The van der Waals surface area contributed by atoms with E-state index in [4.69, 9.17) is 14.6 Å². The number of hydrogen-bond donors (Lipinski definition) is 1. The Morgan fingerprint density at radius 2 is 1.92 bits per heavy atom. The number of carbonyl (C=O) groups is 4. The van der Waals surface area contributed by atoms with Crippen LogP contribution in [0.25, 0.3) is 0 Å². The molecule has 2 aliphatic heterocycles. The maximum Gasteiger partial charge on any atom is 0.306 e. The van der Waals surface area contributed by atoms with Gasteiger partial charge in [-0.3, -0.25) is 24.1 Å². The minimum Gasteiger partial charge on any atom is -0.491 e. The molecule has 144 valence electrons. The highest BCUT2D eigenvalue weighted by Crippen LogP contribution is 2.42. The van der Waals surface area contributed by atoms with E-state index in [1.165, 1.54) is 16.7 Å². The van der Waals surface area contributed by atoms with Crippen molar-refractivity contribution in [3.8, 4) is 0 Å². The van der Waals surface area contributed by atoms with E-state index in [2.05, 4.69) is 0 Å². The summed E-state index contributed by atoms with van der Waals surface area (Å²) in [6.07, 6.45) is -0.0736. The molecule has 2 aliphatic rings. The number of ether oxygens (including phenoxy) is 2. The van der Waals surface area contributed by atoms with Crippen LogP contribution < -0.4 is 0 Å². The van der Waals surface area contributed by atoms with Gasteiger partial charge in [-0.05, 0) is 0 Å². The molecule has 1 amide bonds. The van der Waals surface area contributed by atoms with Gasteiger partial charge in [0.05, 0.1) is 30.4 Å². The van der Waals surface area contributed by atoms with E-state index in [1.807, 2.05) is 0 Å². The Balaban J connectivity index is 1.98. The topological polar surface area (TPSA) is 110 Å². The van der Waals surface area contributed by atoms with Gasteiger partial charge in [0.2, 0.25) is 5.91 Å². The van der Waals surface area contributed by atoms with Gasteiger partial charge in [0.15, 0.2) is 5.78 Å². The minimum absolute atomic E-state index is 0.0232. The second-order valence-corrected chi connectivity index (χ2v) is 8.21. The summed E-state index contributed by atoms with van der Waals surface area (Å²) in [6.45, 7) is 5.32. The zero-order valence-electron chi connectivity index (χ0n) is 15.1. The van der Waals surface area contributed by atoms with Crippen LogP contribution in [0.2, 0.25) is 0 Å². The lowest BCUT2D eigenvalue weighted by molar-refractivity contribution is -0.148. The van der Waals surface area contributed by atoms with Gasteiger partial charge >= 0.3 is 11.9 Å². The van der Waals surface area contributed by atoms with Crippen LogP contribution in [-0.2, 0) is 28.7 Å². The van der Waals surface area contributed by atoms with Crippen molar-refractivity contribution < 1.29 is 33.8 Å². The van der Waals surface area contributed by atoms with Crippen molar-refractivity contribution in [1.82, 2.24) is 4.90 Å². The number of ketones is 1. The smallest absolute Gasteiger partial charge is 0.306 e. The molecule has 9 heteroatoms. The van der Waals surface area contributed by atoms with Crippen LogP contribution in [0.15, 0.2) is 11.5 Å². The first kappa shape index (κ1) is 20.3. The lowest BCUT2D eigenvalue weighted by atomic mass is 9.87. The standard InChI is InChI=1S/C17H23NO7S/c1-17(2,3)16(23)15-10(9-26-12-8-11(19)18(12)15)24-6-7-25-14(22)5-4-13(20)21/h12H,4-9H2,1-3H3,(H,20,21)/t12-/m1/s1. The van der Waals surface area contributed by atoms with Crippen LogP contribution in [0.4, 0.5) is 0 Å². The van der Waals surface area contributed by atoms with Crippen molar-refractivity contribution in [2.75, 3.05) is 19.0 Å². The van der Waals surface area contributed by atoms with Crippen LogP contribution in [0, 0.1) is 5.41 Å². The first-order valence-electron chi connectivity index (χ1n) is 8.33. The fourth-order valence-electron chi connectivity index (χ4n) is 2.47. The quantitative estimate of drug-likeness (QED) is 0.381. The largest absolute Gasteiger partial charge is 0.491 e. The van der Waals surface area contributed by atoms with Crippen molar-refractivity contribution in [2.45, 2.75) is 45.4 Å². The van der Waals surface area contributed by atoms with E-state index in [-0.39, 0.29) is 43.1 Å². The fourth-order valence-corrected chi connectivity index (χ4v) is 3.66. The van der Waals surface area contributed by atoms with Gasteiger partial charge in [0, 0.05) is 5.41 Å². The molecule has 0 saturated carbocycles. The predicted molar refractivity (Wildman–Crippen MR) is 93.0 cm³/mol. The second-order valence-electron chi connectivity index (χ2n) is 7.05. The van der Waals surface area contributed by atoms with E-state index >= 15 is 0 Å². The number of esters is 1. The van der Waals surface area contributed by atoms with Crippen LogP contribution in [0.5, 0.6) is 0 Å². The molecular weight excluding hydrogens is 362 g/mol. The number of nitrogens with zero attached hydrogens (tertiary/aromatic N) is 1. The van der Waals surface area contributed by atoms with Crippen molar-refractivity contribution in [3.63, 3.8) is 0 Å². The molecule has 1 N–H and O–H groups in total. The first-order valence-corrected chi connectivity index (χ1v) is 9.38. The van der Waals surface area contributed by atoms with Crippen molar-refractivity contribution in [2.24, 2.45) is 5.41 Å². The third-order valence-electron chi connectivity index (χ3n) is 3.88. The van der Waals surface area contributed by atoms with Gasteiger partial charge in [0.25, 0.3) is 0 Å². The fraction of sp³-hybridized carbons (Fsp3) is 0.647. The van der Waals surface area contributed by atoms with E-state index < -0.39 is 17.4 Å². The third-order valence-corrected chi connectivity index (χ3v) is 5.07. The highest BCUT2D eigenvalue weighted by Gasteiger charge is 2.47. The number of thioether (sulfide) groups is 1. The van der Waals surface area contributed by atoms with Gasteiger partial charge in [-0.1, -0.05) is 20.8 Å². The van der Waals surface area contributed by atoms with Crippen LogP contribution >= 0.6 is 11.8 Å². The number of hydrogen-bond acceptors (Lipinski definition) is 7. The van der Waals surface area contributed by atoms with Gasteiger partial charge in [-0.15, -0.1) is 11.8 Å². The molecule has 0 radical (unpaired) electrons. The molecular formula is C17H23NO7S. The summed E-state index contributed by atoms with van der Waals surface area (Å²) < 4.78 is 10.5. The Morgan fingerprint density at radius 1 is 1.23 bits per heavy atom. The van der Waals surface area contributed by atoms with Gasteiger partial charge < -0.3 is 14.6 Å². The lowest BCUT2D eigenvalue weighted by Crippen LogP contribution is -2.55. The highest BCUT2D eigenvalue weighted by molar-refractivity contribution is 8.00. The Hall–Kier alpha value is -2.03. The second kappa shape index (κ2) is 8.11. The molecule has 26 heavy (non-hydrogen) atoms. The maximum absolute atomic E-state index is 12.8. The van der Waals surface area contributed by atoms with E-state index in [0.29, 0.717) is 23.6 Å². The molecule has 0 aliphatic carbocycles. The normalized spacial score (nSPS) is 19.6. The summed E-state index contributed by atoms with van der Waals surface area (Å²) in [5, 5.41) is 8.50. The molecule has 0 unspecified atom stereocenters. The van der Waals surface area contributed by atoms with Crippen LogP contribution in [0.1, 0.15) is 40.0 Å². The number of carboxylic acid groups (broad SMARTS) is 1. The molecule has 0 aromatic rings. The molecule has 0 aromatic carbocycles. The van der Waals surface area contributed by atoms with Crippen molar-refractivity contribution in [3.05, 3.63) is 11.5 Å².